The molecule has 1 heterocycles. The number of aryl methyl sites for hydroxylation is 1. The van der Waals surface area contributed by atoms with Crippen LogP contribution in [0.2, 0.25) is 0 Å². The lowest BCUT2D eigenvalue weighted by molar-refractivity contribution is -0.188. The Morgan fingerprint density at radius 1 is 1.19 bits per heavy atom. The Morgan fingerprint density at radius 2 is 1.96 bits per heavy atom. The molecule has 0 aliphatic carbocycles. The molecule has 0 bridgehead atoms. The van der Waals surface area contributed by atoms with Crippen molar-refractivity contribution in [1.82, 2.24) is 0 Å². The molecule has 5 heteroatoms. The Kier molecular flexibility index (Phi) is 6.38. The van der Waals surface area contributed by atoms with E-state index >= 15 is 0 Å². The highest BCUT2D eigenvalue weighted by Crippen LogP contribution is 2.39. The molecule has 0 spiro atoms. The lowest BCUT2D eigenvalue weighted by Crippen LogP contribution is -2.44. The summed E-state index contributed by atoms with van der Waals surface area (Å²) in [5.41, 5.74) is 2.64. The molecule has 2 aromatic carbocycles. The molecule has 1 fully saturated rings. The summed E-state index contributed by atoms with van der Waals surface area (Å²) in [6, 6.07) is 14.4. The predicted molar refractivity (Wildman–Crippen MR) is 96.0 cm³/mol. The van der Waals surface area contributed by atoms with E-state index in [-0.39, 0.29) is 36.8 Å². The minimum Gasteiger partial charge on any atom is -0.396 e. The van der Waals surface area contributed by atoms with Crippen molar-refractivity contribution in [2.24, 2.45) is 11.8 Å². The monoisotopic (exact) mass is 360 g/mol. The van der Waals surface area contributed by atoms with Crippen LogP contribution in [0, 0.1) is 24.6 Å². The fraction of sp³-hybridized carbons (Fsp3) is 0.429. The Hall–Kier alpha value is -1.79. The molecule has 0 aromatic heterocycles. The van der Waals surface area contributed by atoms with Gasteiger partial charge in [-0.2, -0.15) is 0 Å². The van der Waals surface area contributed by atoms with Crippen molar-refractivity contribution >= 4 is 0 Å². The molecular weight excluding hydrogens is 335 g/mol. The van der Waals surface area contributed by atoms with Gasteiger partial charge in [-0.1, -0.05) is 36.4 Å². The van der Waals surface area contributed by atoms with E-state index in [1.807, 2.05) is 37.3 Å². The SMILES string of the molecule is Cc1cc(F)ccc1[C@@H]1[C@@H](COCc2ccccc2)[C@H](CO)CO[C@H]1O. The number of aliphatic hydroxyl groups excluding tert-OH is 2. The molecular formula is C21H25FO4. The van der Waals surface area contributed by atoms with Gasteiger partial charge in [0.1, 0.15) is 5.82 Å². The van der Waals surface area contributed by atoms with Crippen molar-refractivity contribution in [2.45, 2.75) is 25.7 Å². The molecule has 0 saturated carbocycles. The number of hydrogen-bond donors (Lipinski definition) is 2. The van der Waals surface area contributed by atoms with Gasteiger partial charge in [-0.15, -0.1) is 0 Å². The lowest BCUT2D eigenvalue weighted by Gasteiger charge is -2.41. The lowest BCUT2D eigenvalue weighted by atomic mass is 9.75. The van der Waals surface area contributed by atoms with E-state index in [0.29, 0.717) is 13.2 Å². The van der Waals surface area contributed by atoms with E-state index in [0.717, 1.165) is 16.7 Å². The van der Waals surface area contributed by atoms with Crippen LogP contribution in [0.5, 0.6) is 0 Å². The molecule has 140 valence electrons. The highest BCUT2D eigenvalue weighted by atomic mass is 19.1. The molecule has 0 amide bonds. The number of aliphatic hydroxyl groups is 2. The maximum Gasteiger partial charge on any atom is 0.161 e. The molecule has 1 aliphatic heterocycles. The summed E-state index contributed by atoms with van der Waals surface area (Å²) in [6.45, 7) is 2.87. The predicted octanol–water partition coefficient (Wildman–Crippen LogP) is 3.01. The van der Waals surface area contributed by atoms with E-state index in [1.165, 1.54) is 12.1 Å². The van der Waals surface area contributed by atoms with Gasteiger partial charge in [0.2, 0.25) is 0 Å². The highest BCUT2D eigenvalue weighted by Gasteiger charge is 2.41. The van der Waals surface area contributed by atoms with Crippen molar-refractivity contribution in [2.75, 3.05) is 19.8 Å². The first-order valence-electron chi connectivity index (χ1n) is 8.88. The second-order valence-electron chi connectivity index (χ2n) is 6.86. The van der Waals surface area contributed by atoms with Crippen LogP contribution in [0.25, 0.3) is 0 Å². The maximum absolute atomic E-state index is 13.5. The second kappa shape index (κ2) is 8.73. The second-order valence-corrected chi connectivity index (χ2v) is 6.86. The number of hydrogen-bond acceptors (Lipinski definition) is 4. The molecule has 2 aromatic rings. The quantitative estimate of drug-likeness (QED) is 0.831. The van der Waals surface area contributed by atoms with E-state index in [9.17, 15) is 14.6 Å². The topological polar surface area (TPSA) is 58.9 Å². The first-order chi connectivity index (χ1) is 12.6. The van der Waals surface area contributed by atoms with Gasteiger partial charge in [-0.25, -0.2) is 4.39 Å². The number of benzene rings is 2. The zero-order chi connectivity index (χ0) is 18.5. The van der Waals surface area contributed by atoms with Crippen molar-refractivity contribution in [3.8, 4) is 0 Å². The van der Waals surface area contributed by atoms with Crippen LogP contribution in [0.15, 0.2) is 48.5 Å². The number of rotatable bonds is 6. The normalized spacial score (nSPS) is 26.0. The van der Waals surface area contributed by atoms with Gasteiger partial charge in [0, 0.05) is 24.4 Å². The Labute approximate surface area is 153 Å². The minimum atomic E-state index is -1.01. The Balaban J connectivity index is 1.78. The van der Waals surface area contributed by atoms with Gasteiger partial charge >= 0.3 is 0 Å². The van der Waals surface area contributed by atoms with Gasteiger partial charge in [0.25, 0.3) is 0 Å². The third-order valence-electron chi connectivity index (χ3n) is 5.10. The molecule has 1 aliphatic rings. The van der Waals surface area contributed by atoms with Crippen LogP contribution < -0.4 is 0 Å². The summed E-state index contributed by atoms with van der Waals surface area (Å²) in [5.74, 6) is -0.967. The first-order valence-corrected chi connectivity index (χ1v) is 8.88. The molecule has 0 radical (unpaired) electrons. The Bertz CT molecular complexity index is 706. The summed E-state index contributed by atoms with van der Waals surface area (Å²) in [4.78, 5) is 0. The fourth-order valence-corrected chi connectivity index (χ4v) is 3.67. The standard InChI is InChI=1S/C21H25FO4/c1-14-9-17(22)7-8-18(14)20-19(16(10-23)12-26-21(20)24)13-25-11-15-5-3-2-4-6-15/h2-9,16,19-21,23-24H,10-13H2,1H3/t16-,19+,20-,21-/m1/s1. The van der Waals surface area contributed by atoms with Crippen molar-refractivity contribution in [3.63, 3.8) is 0 Å². The fourth-order valence-electron chi connectivity index (χ4n) is 3.67. The number of ether oxygens (including phenoxy) is 2. The molecule has 3 rings (SSSR count). The number of halogens is 1. The van der Waals surface area contributed by atoms with Crippen molar-refractivity contribution in [3.05, 3.63) is 71.0 Å². The maximum atomic E-state index is 13.5. The smallest absolute Gasteiger partial charge is 0.161 e. The van der Waals surface area contributed by atoms with Crippen molar-refractivity contribution in [1.29, 1.82) is 0 Å². The van der Waals surface area contributed by atoms with Crippen LogP contribution >= 0.6 is 0 Å². The third kappa shape index (κ3) is 4.30. The van der Waals surface area contributed by atoms with Crippen LogP contribution in [0.1, 0.15) is 22.6 Å². The zero-order valence-corrected chi connectivity index (χ0v) is 14.8. The van der Waals surface area contributed by atoms with E-state index in [4.69, 9.17) is 9.47 Å². The van der Waals surface area contributed by atoms with Gasteiger partial charge < -0.3 is 19.7 Å². The van der Waals surface area contributed by atoms with E-state index in [2.05, 4.69) is 0 Å². The average molecular weight is 360 g/mol. The zero-order valence-electron chi connectivity index (χ0n) is 14.8. The van der Waals surface area contributed by atoms with Gasteiger partial charge in [0.05, 0.1) is 19.8 Å². The molecule has 1 saturated heterocycles. The molecule has 0 unspecified atom stereocenters. The summed E-state index contributed by atoms with van der Waals surface area (Å²) in [6.07, 6.45) is -1.01. The van der Waals surface area contributed by atoms with Crippen LogP contribution in [-0.4, -0.2) is 36.3 Å². The summed E-state index contributed by atoms with van der Waals surface area (Å²) in [5, 5.41) is 20.2. The van der Waals surface area contributed by atoms with Gasteiger partial charge in [-0.3, -0.25) is 0 Å². The summed E-state index contributed by atoms with van der Waals surface area (Å²) < 4.78 is 24.9. The largest absolute Gasteiger partial charge is 0.396 e. The highest BCUT2D eigenvalue weighted by molar-refractivity contribution is 5.31. The molecule has 4 atom stereocenters. The average Bonchev–Trinajstić information content (AvgIpc) is 2.64. The minimum absolute atomic E-state index is 0.0528. The molecule has 2 N–H and O–H groups in total. The van der Waals surface area contributed by atoms with Crippen molar-refractivity contribution < 1.29 is 24.1 Å². The van der Waals surface area contributed by atoms with Crippen LogP contribution in [-0.2, 0) is 16.1 Å². The van der Waals surface area contributed by atoms with Crippen LogP contribution in [0.3, 0.4) is 0 Å². The first kappa shape index (κ1) is 19.0. The van der Waals surface area contributed by atoms with Crippen LogP contribution in [0.4, 0.5) is 4.39 Å². The van der Waals surface area contributed by atoms with Gasteiger partial charge in [-0.05, 0) is 35.7 Å². The summed E-state index contributed by atoms with van der Waals surface area (Å²) >= 11 is 0. The van der Waals surface area contributed by atoms with Gasteiger partial charge in [0.15, 0.2) is 6.29 Å². The Morgan fingerprint density at radius 3 is 2.65 bits per heavy atom. The summed E-state index contributed by atoms with van der Waals surface area (Å²) in [7, 11) is 0. The third-order valence-corrected chi connectivity index (χ3v) is 5.10. The van der Waals surface area contributed by atoms with E-state index < -0.39 is 6.29 Å². The molecule has 26 heavy (non-hydrogen) atoms. The molecule has 4 nitrogen and oxygen atoms in total. The van der Waals surface area contributed by atoms with E-state index in [1.54, 1.807) is 6.07 Å².